The van der Waals surface area contributed by atoms with E-state index in [9.17, 15) is 9.59 Å². The van der Waals surface area contributed by atoms with Gasteiger partial charge in [0.05, 0.1) is 46.1 Å². The normalized spacial score (nSPS) is 15.3. The molecule has 7 nitrogen and oxygen atoms in total. The molecule has 194 valence electrons. The summed E-state index contributed by atoms with van der Waals surface area (Å²) in [5, 5.41) is 0. The Morgan fingerprint density at radius 2 is 1.78 bits per heavy atom. The molecule has 1 atom stereocenters. The van der Waals surface area contributed by atoms with Gasteiger partial charge in [0.15, 0.2) is 4.80 Å². The van der Waals surface area contributed by atoms with Gasteiger partial charge in [-0.05, 0) is 79.5 Å². The number of carbonyl (C=O) groups excluding carboxylic acids is 1. The molecule has 0 spiro atoms. The lowest BCUT2D eigenvalue weighted by Gasteiger charge is -2.24. The zero-order valence-corrected chi connectivity index (χ0v) is 24.8. The van der Waals surface area contributed by atoms with Gasteiger partial charge < -0.3 is 14.2 Å². The van der Waals surface area contributed by atoms with E-state index in [-0.39, 0.29) is 12.2 Å². The average Bonchev–Trinajstić information content (AvgIpc) is 3.15. The van der Waals surface area contributed by atoms with Crippen molar-refractivity contribution >= 4 is 55.2 Å². The van der Waals surface area contributed by atoms with Crippen LogP contribution in [-0.4, -0.2) is 30.4 Å². The van der Waals surface area contributed by atoms with Crippen LogP contribution in [-0.2, 0) is 9.53 Å². The van der Waals surface area contributed by atoms with E-state index in [0.29, 0.717) is 45.3 Å². The Morgan fingerprint density at radius 3 is 2.43 bits per heavy atom. The van der Waals surface area contributed by atoms with Crippen molar-refractivity contribution in [3.63, 3.8) is 0 Å². The van der Waals surface area contributed by atoms with Crippen molar-refractivity contribution in [2.24, 2.45) is 4.99 Å². The first kappa shape index (κ1) is 27.3. The van der Waals surface area contributed by atoms with Crippen LogP contribution in [0.15, 0.2) is 66.4 Å². The van der Waals surface area contributed by atoms with Crippen LogP contribution >= 0.6 is 43.2 Å². The van der Waals surface area contributed by atoms with Gasteiger partial charge in [0, 0.05) is 10.0 Å². The van der Waals surface area contributed by atoms with Crippen molar-refractivity contribution in [3.05, 3.63) is 87.4 Å². The fourth-order valence-corrected chi connectivity index (χ4v) is 6.56. The molecule has 1 aromatic heterocycles. The van der Waals surface area contributed by atoms with Crippen LogP contribution < -0.4 is 24.4 Å². The Hall–Kier alpha value is -2.69. The maximum atomic E-state index is 13.9. The molecule has 2 aromatic carbocycles. The minimum absolute atomic E-state index is 0.216. The highest BCUT2D eigenvalue weighted by Crippen LogP contribution is 2.34. The number of aromatic nitrogens is 1. The van der Waals surface area contributed by atoms with E-state index in [1.54, 1.807) is 24.5 Å². The molecule has 10 heteroatoms. The predicted octanol–water partition coefficient (Wildman–Crippen LogP) is 5.12. The van der Waals surface area contributed by atoms with Crippen LogP contribution in [0.25, 0.3) is 6.08 Å². The largest absolute Gasteiger partial charge is 0.494 e. The Bertz CT molecular complexity index is 1540. The summed E-state index contributed by atoms with van der Waals surface area (Å²) in [6.45, 7) is 8.57. The van der Waals surface area contributed by atoms with E-state index in [0.717, 1.165) is 20.1 Å². The van der Waals surface area contributed by atoms with Gasteiger partial charge in [0.2, 0.25) is 0 Å². The number of rotatable bonds is 8. The lowest BCUT2D eigenvalue weighted by molar-refractivity contribution is -0.139. The highest BCUT2D eigenvalue weighted by molar-refractivity contribution is 9.11. The van der Waals surface area contributed by atoms with Crippen LogP contribution in [0.1, 0.15) is 44.9 Å². The van der Waals surface area contributed by atoms with Gasteiger partial charge in [-0.25, -0.2) is 9.79 Å². The van der Waals surface area contributed by atoms with Crippen molar-refractivity contribution in [1.29, 1.82) is 0 Å². The lowest BCUT2D eigenvalue weighted by atomic mass is 9.96. The molecular weight excluding hydrogens is 624 g/mol. The Morgan fingerprint density at radius 1 is 1.08 bits per heavy atom. The van der Waals surface area contributed by atoms with Gasteiger partial charge in [-0.3, -0.25) is 9.36 Å². The molecule has 0 saturated heterocycles. The molecule has 1 aliphatic rings. The van der Waals surface area contributed by atoms with Crippen LogP contribution in [0, 0.1) is 0 Å². The summed E-state index contributed by atoms with van der Waals surface area (Å²) in [5.74, 6) is 0.857. The summed E-state index contributed by atoms with van der Waals surface area (Å²) in [6.07, 6.45) is 1.79. The van der Waals surface area contributed by atoms with Crippen LogP contribution in [0.4, 0.5) is 0 Å². The second kappa shape index (κ2) is 11.8. The quantitative estimate of drug-likeness (QED) is 0.317. The number of nitrogens with zero attached hydrogens (tertiary/aromatic N) is 2. The first-order valence-corrected chi connectivity index (χ1v) is 14.2. The SMILES string of the molecule is CCOC(=O)C1=C(C)N=c2s/c(=C\c3cc(Br)cc(Br)c3OCC)c(=O)n2[C@H]1c1ccc(OCC)cc1. The molecule has 4 rings (SSSR count). The number of hydrogen-bond donors (Lipinski definition) is 0. The number of thiazole rings is 1. The molecular formula is C27H26Br2N2O5S. The van der Waals surface area contributed by atoms with Gasteiger partial charge in [-0.15, -0.1) is 0 Å². The van der Waals surface area contributed by atoms with Gasteiger partial charge in [-0.1, -0.05) is 39.4 Å². The summed E-state index contributed by atoms with van der Waals surface area (Å²) in [7, 11) is 0. The average molecular weight is 650 g/mol. The Kier molecular flexibility index (Phi) is 8.71. The number of esters is 1. The highest BCUT2D eigenvalue weighted by atomic mass is 79.9. The maximum absolute atomic E-state index is 13.9. The van der Waals surface area contributed by atoms with E-state index < -0.39 is 12.0 Å². The fraction of sp³-hybridized carbons (Fsp3) is 0.296. The minimum Gasteiger partial charge on any atom is -0.494 e. The van der Waals surface area contributed by atoms with Crippen molar-refractivity contribution in [2.75, 3.05) is 19.8 Å². The zero-order chi connectivity index (χ0) is 26.7. The second-order valence-electron chi connectivity index (χ2n) is 8.04. The Labute approximate surface area is 235 Å². The Balaban J connectivity index is 1.94. The molecule has 0 fully saturated rings. The molecule has 3 aromatic rings. The maximum Gasteiger partial charge on any atom is 0.338 e. The zero-order valence-electron chi connectivity index (χ0n) is 20.8. The molecule has 0 amide bonds. The van der Waals surface area contributed by atoms with Crippen molar-refractivity contribution in [2.45, 2.75) is 33.7 Å². The van der Waals surface area contributed by atoms with Crippen molar-refractivity contribution in [1.82, 2.24) is 4.57 Å². The fourth-order valence-electron chi connectivity index (χ4n) is 4.15. The topological polar surface area (TPSA) is 79.1 Å². The van der Waals surface area contributed by atoms with Gasteiger partial charge in [0.25, 0.3) is 5.56 Å². The first-order valence-electron chi connectivity index (χ1n) is 11.8. The summed E-state index contributed by atoms with van der Waals surface area (Å²) in [4.78, 5) is 32.1. The first-order chi connectivity index (χ1) is 17.8. The summed E-state index contributed by atoms with van der Waals surface area (Å²) in [6, 6.07) is 10.5. The molecule has 37 heavy (non-hydrogen) atoms. The lowest BCUT2D eigenvalue weighted by Crippen LogP contribution is -2.39. The van der Waals surface area contributed by atoms with E-state index in [4.69, 9.17) is 14.2 Å². The molecule has 0 aliphatic carbocycles. The van der Waals surface area contributed by atoms with Gasteiger partial charge in [-0.2, -0.15) is 0 Å². The van der Waals surface area contributed by atoms with Crippen molar-refractivity contribution in [3.8, 4) is 11.5 Å². The van der Waals surface area contributed by atoms with E-state index >= 15 is 0 Å². The number of allylic oxidation sites excluding steroid dienone is 1. The number of carbonyl (C=O) groups is 1. The summed E-state index contributed by atoms with van der Waals surface area (Å²) >= 11 is 8.33. The van der Waals surface area contributed by atoms with Crippen LogP contribution in [0.3, 0.4) is 0 Å². The molecule has 0 radical (unpaired) electrons. The van der Waals surface area contributed by atoms with E-state index in [1.807, 2.05) is 50.2 Å². The van der Waals surface area contributed by atoms with E-state index in [1.165, 1.54) is 11.3 Å². The molecule has 0 bridgehead atoms. The smallest absolute Gasteiger partial charge is 0.338 e. The van der Waals surface area contributed by atoms with Crippen LogP contribution in [0.2, 0.25) is 0 Å². The summed E-state index contributed by atoms with van der Waals surface area (Å²) in [5.41, 5.74) is 2.10. The summed E-state index contributed by atoms with van der Waals surface area (Å²) < 4.78 is 20.4. The third kappa shape index (κ3) is 5.61. The number of fused-ring (bicyclic) bond motifs is 1. The molecule has 0 N–H and O–H groups in total. The van der Waals surface area contributed by atoms with Crippen LogP contribution in [0.5, 0.6) is 11.5 Å². The standard InChI is InChI=1S/C27H26Br2N2O5S/c1-5-34-19-10-8-16(9-11-19)23-22(26(33)36-7-3)15(4)30-27-31(23)25(32)21(37-27)13-17-12-18(28)14-20(29)24(17)35-6-2/h8-14,23H,5-7H2,1-4H3/b21-13-/t23-/m0/s1. The number of benzene rings is 2. The minimum atomic E-state index is -0.686. The predicted molar refractivity (Wildman–Crippen MR) is 151 cm³/mol. The second-order valence-corrected chi connectivity index (χ2v) is 10.8. The third-order valence-electron chi connectivity index (χ3n) is 5.64. The van der Waals surface area contributed by atoms with Crippen molar-refractivity contribution < 1.29 is 19.0 Å². The third-order valence-corrected chi connectivity index (χ3v) is 7.67. The molecule has 0 unspecified atom stereocenters. The number of ether oxygens (including phenoxy) is 3. The van der Waals surface area contributed by atoms with Gasteiger partial charge >= 0.3 is 5.97 Å². The number of halogens is 2. The highest BCUT2D eigenvalue weighted by Gasteiger charge is 2.33. The molecule has 1 aliphatic heterocycles. The van der Waals surface area contributed by atoms with E-state index in [2.05, 4.69) is 36.9 Å². The molecule has 0 saturated carbocycles. The number of hydrogen-bond acceptors (Lipinski definition) is 7. The monoisotopic (exact) mass is 648 g/mol. The molecule has 2 heterocycles. The van der Waals surface area contributed by atoms with Gasteiger partial charge in [0.1, 0.15) is 11.5 Å².